The smallest absolute Gasteiger partial charge is 0.387 e. The monoisotopic (exact) mass is 327 g/mol. The molecular weight excluding hydrogens is 307 g/mol. The van der Waals surface area contributed by atoms with E-state index in [-0.39, 0.29) is 6.04 Å². The topological polar surface area (TPSA) is 50.5 Å². The van der Waals surface area contributed by atoms with Crippen LogP contribution in [0.3, 0.4) is 0 Å². The quantitative estimate of drug-likeness (QED) is 0.921. The molecule has 0 amide bonds. The van der Waals surface area contributed by atoms with Crippen LogP contribution in [0.2, 0.25) is 0 Å². The normalized spacial score (nSPS) is 21.8. The largest absolute Gasteiger partial charge is 0.401 e. The molecular formula is C16H20F3N3O. The van der Waals surface area contributed by atoms with Crippen molar-refractivity contribution < 1.29 is 18.3 Å². The molecule has 1 aliphatic heterocycles. The Hall–Kier alpha value is -1.62. The molecule has 2 unspecified atom stereocenters. The lowest BCUT2D eigenvalue weighted by Crippen LogP contribution is -2.54. The number of nitrogens with zero attached hydrogens (tertiary/aromatic N) is 3. The third-order valence-electron chi connectivity index (χ3n) is 4.09. The maximum atomic E-state index is 12.5. The number of hydrogen-bond acceptors (Lipinski definition) is 4. The number of piperazine rings is 1. The van der Waals surface area contributed by atoms with Crippen LogP contribution in [0, 0.1) is 11.3 Å². The van der Waals surface area contributed by atoms with E-state index in [0.29, 0.717) is 37.3 Å². The lowest BCUT2D eigenvalue weighted by atomic mass is 10.1. The minimum atomic E-state index is -4.18. The van der Waals surface area contributed by atoms with Gasteiger partial charge >= 0.3 is 6.18 Å². The number of nitriles is 1. The molecule has 0 saturated carbocycles. The Kier molecular flexibility index (Phi) is 5.63. The summed E-state index contributed by atoms with van der Waals surface area (Å²) >= 11 is 0. The molecule has 23 heavy (non-hydrogen) atoms. The average molecular weight is 327 g/mol. The zero-order valence-electron chi connectivity index (χ0n) is 12.9. The summed E-state index contributed by atoms with van der Waals surface area (Å²) in [4.78, 5) is 3.39. The summed E-state index contributed by atoms with van der Waals surface area (Å²) in [7, 11) is 0. The predicted molar refractivity (Wildman–Crippen MR) is 79.6 cm³/mol. The highest BCUT2D eigenvalue weighted by Crippen LogP contribution is 2.22. The van der Waals surface area contributed by atoms with E-state index in [4.69, 9.17) is 5.26 Å². The van der Waals surface area contributed by atoms with Gasteiger partial charge in [-0.15, -0.1) is 0 Å². The van der Waals surface area contributed by atoms with Crippen molar-refractivity contribution in [2.75, 3.05) is 32.7 Å². The van der Waals surface area contributed by atoms with Crippen LogP contribution < -0.4 is 0 Å². The molecule has 1 N–H and O–H groups in total. The van der Waals surface area contributed by atoms with E-state index in [1.807, 2.05) is 11.0 Å². The lowest BCUT2D eigenvalue weighted by molar-refractivity contribution is -0.155. The molecule has 1 aromatic rings. The first-order valence-corrected chi connectivity index (χ1v) is 7.50. The second-order valence-corrected chi connectivity index (χ2v) is 5.94. The van der Waals surface area contributed by atoms with E-state index in [0.717, 1.165) is 0 Å². The van der Waals surface area contributed by atoms with Gasteiger partial charge in [0.25, 0.3) is 0 Å². The average Bonchev–Trinajstić information content (AvgIpc) is 2.49. The molecule has 0 radical (unpaired) electrons. The van der Waals surface area contributed by atoms with Crippen LogP contribution in [0.15, 0.2) is 24.3 Å². The van der Waals surface area contributed by atoms with E-state index >= 15 is 0 Å². The van der Waals surface area contributed by atoms with Gasteiger partial charge in [-0.25, -0.2) is 0 Å². The molecule has 126 valence electrons. The maximum absolute atomic E-state index is 12.5. The van der Waals surface area contributed by atoms with Crippen LogP contribution in [0.25, 0.3) is 0 Å². The summed E-state index contributed by atoms with van der Waals surface area (Å²) < 4.78 is 37.5. The zero-order valence-corrected chi connectivity index (χ0v) is 12.9. The van der Waals surface area contributed by atoms with Gasteiger partial charge in [-0.1, -0.05) is 12.1 Å². The zero-order chi connectivity index (χ0) is 17.0. The van der Waals surface area contributed by atoms with Crippen LogP contribution in [0.5, 0.6) is 0 Å². The summed E-state index contributed by atoms with van der Waals surface area (Å²) in [6, 6.07) is 8.49. The molecule has 0 spiro atoms. The Morgan fingerprint density at radius 1 is 1.30 bits per heavy atom. The summed E-state index contributed by atoms with van der Waals surface area (Å²) in [6.07, 6.45) is -4.90. The lowest BCUT2D eigenvalue weighted by Gasteiger charge is -2.40. The van der Waals surface area contributed by atoms with E-state index in [1.54, 1.807) is 31.2 Å². The van der Waals surface area contributed by atoms with Crippen molar-refractivity contribution in [1.29, 1.82) is 5.26 Å². The highest BCUT2D eigenvalue weighted by Gasteiger charge is 2.35. The highest BCUT2D eigenvalue weighted by atomic mass is 19.4. The minimum absolute atomic E-state index is 0.210. The van der Waals surface area contributed by atoms with Crippen molar-refractivity contribution >= 4 is 0 Å². The van der Waals surface area contributed by atoms with Gasteiger partial charge in [0, 0.05) is 32.2 Å². The van der Waals surface area contributed by atoms with Crippen LogP contribution in [0.4, 0.5) is 13.2 Å². The number of hydrogen-bond donors (Lipinski definition) is 1. The van der Waals surface area contributed by atoms with Crippen molar-refractivity contribution in [1.82, 2.24) is 9.80 Å². The summed E-state index contributed by atoms with van der Waals surface area (Å²) in [5.41, 5.74) is 1.23. The first-order valence-electron chi connectivity index (χ1n) is 7.50. The summed E-state index contributed by atoms with van der Waals surface area (Å²) in [5.74, 6) is 0. The molecule has 1 heterocycles. The standard InChI is InChI=1S/C16H20F3N3O/c1-12-9-21(6-7-22(12)11-16(17,18)19)10-15(23)14-4-2-13(8-20)3-5-14/h2-5,12,15,23H,6-7,9-11H2,1H3. The SMILES string of the molecule is CC1CN(CC(O)c2ccc(C#N)cc2)CCN1CC(F)(F)F. The number of aliphatic hydroxyl groups is 1. The molecule has 1 aromatic carbocycles. The predicted octanol–water partition coefficient (Wildman–Crippen LogP) is 2.16. The van der Waals surface area contributed by atoms with Crippen molar-refractivity contribution in [3.05, 3.63) is 35.4 Å². The number of aliphatic hydroxyl groups excluding tert-OH is 1. The maximum Gasteiger partial charge on any atom is 0.401 e. The Morgan fingerprint density at radius 2 is 1.96 bits per heavy atom. The number of halogens is 3. The van der Waals surface area contributed by atoms with Gasteiger partial charge in [-0.2, -0.15) is 18.4 Å². The Balaban J connectivity index is 1.88. The van der Waals surface area contributed by atoms with E-state index in [1.165, 1.54) is 4.90 Å². The Morgan fingerprint density at radius 3 is 2.48 bits per heavy atom. The molecule has 2 atom stereocenters. The van der Waals surface area contributed by atoms with Gasteiger partial charge in [-0.05, 0) is 24.6 Å². The first kappa shape index (κ1) is 17.7. The van der Waals surface area contributed by atoms with Crippen LogP contribution in [0.1, 0.15) is 24.2 Å². The third-order valence-corrected chi connectivity index (χ3v) is 4.09. The van der Waals surface area contributed by atoms with Gasteiger partial charge < -0.3 is 5.11 Å². The second kappa shape index (κ2) is 7.30. The van der Waals surface area contributed by atoms with Crippen LogP contribution >= 0.6 is 0 Å². The number of rotatable bonds is 4. The van der Waals surface area contributed by atoms with Crippen molar-refractivity contribution in [2.45, 2.75) is 25.2 Å². The van der Waals surface area contributed by atoms with Gasteiger partial charge in [0.2, 0.25) is 0 Å². The first-order chi connectivity index (χ1) is 10.8. The van der Waals surface area contributed by atoms with Crippen LogP contribution in [-0.4, -0.2) is 59.8 Å². The Bertz CT molecular complexity index is 553. The van der Waals surface area contributed by atoms with Crippen molar-refractivity contribution in [3.63, 3.8) is 0 Å². The van der Waals surface area contributed by atoms with E-state index in [2.05, 4.69) is 0 Å². The molecule has 0 aromatic heterocycles. The number of alkyl halides is 3. The Labute approximate surface area is 133 Å². The third kappa shape index (κ3) is 5.20. The molecule has 4 nitrogen and oxygen atoms in total. The van der Waals surface area contributed by atoms with Crippen molar-refractivity contribution in [3.8, 4) is 6.07 Å². The molecule has 2 rings (SSSR count). The summed E-state index contributed by atoms with van der Waals surface area (Å²) in [6.45, 7) is 2.57. The van der Waals surface area contributed by atoms with Gasteiger partial charge in [0.05, 0.1) is 24.3 Å². The van der Waals surface area contributed by atoms with Crippen molar-refractivity contribution in [2.24, 2.45) is 0 Å². The van der Waals surface area contributed by atoms with E-state index < -0.39 is 18.8 Å². The van der Waals surface area contributed by atoms with Crippen LogP contribution in [-0.2, 0) is 0 Å². The number of β-amino-alcohol motifs (C(OH)–C–C–N with tert-alkyl or cyclic N) is 1. The highest BCUT2D eigenvalue weighted by molar-refractivity contribution is 5.32. The molecule has 1 fully saturated rings. The van der Waals surface area contributed by atoms with Gasteiger partial charge in [0.15, 0.2) is 0 Å². The molecule has 0 bridgehead atoms. The minimum Gasteiger partial charge on any atom is -0.387 e. The second-order valence-electron chi connectivity index (χ2n) is 5.94. The molecule has 1 aliphatic rings. The van der Waals surface area contributed by atoms with E-state index in [9.17, 15) is 18.3 Å². The molecule has 7 heteroatoms. The van der Waals surface area contributed by atoms with Gasteiger partial charge in [-0.3, -0.25) is 9.80 Å². The fraction of sp³-hybridized carbons (Fsp3) is 0.562. The summed E-state index contributed by atoms with van der Waals surface area (Å²) in [5, 5.41) is 19.0. The fourth-order valence-corrected chi connectivity index (χ4v) is 2.83. The number of benzene rings is 1. The van der Waals surface area contributed by atoms with Gasteiger partial charge in [0.1, 0.15) is 0 Å². The molecule has 1 saturated heterocycles. The fourth-order valence-electron chi connectivity index (χ4n) is 2.83. The molecule has 0 aliphatic carbocycles.